The van der Waals surface area contributed by atoms with Gasteiger partial charge in [0.05, 0.1) is 26.7 Å². The molecule has 1 aromatic heterocycles. The van der Waals surface area contributed by atoms with Crippen LogP contribution in [0.4, 0.5) is 0 Å². The highest BCUT2D eigenvalue weighted by atomic mass is 16.5. The van der Waals surface area contributed by atoms with Gasteiger partial charge in [0.15, 0.2) is 28.6 Å². The predicted octanol–water partition coefficient (Wildman–Crippen LogP) is 7.02. The maximum absolute atomic E-state index is 13.2. The van der Waals surface area contributed by atoms with Crippen LogP contribution in [-0.4, -0.2) is 38.1 Å². The van der Waals surface area contributed by atoms with Crippen LogP contribution >= 0.6 is 0 Å². The number of methoxy groups -OCH3 is 3. The highest BCUT2D eigenvalue weighted by Gasteiger charge is 2.20. The van der Waals surface area contributed by atoms with Gasteiger partial charge in [-0.2, -0.15) is 0 Å². The first kappa shape index (κ1) is 29.4. The number of aromatic hydroxyl groups is 1. The molecule has 0 amide bonds. The number of unbranched alkanes of at least 4 members (excludes halogenated alkanes) is 10. The maximum Gasteiger partial charge on any atom is 0.235 e. The van der Waals surface area contributed by atoms with Gasteiger partial charge in [0, 0.05) is 12.2 Å². The zero-order valence-corrected chi connectivity index (χ0v) is 23.0. The van der Waals surface area contributed by atoms with Crippen molar-refractivity contribution < 1.29 is 28.8 Å². The molecule has 38 heavy (non-hydrogen) atoms. The molecule has 0 radical (unpaired) electrons. The molecule has 208 valence electrons. The fourth-order valence-electron chi connectivity index (χ4n) is 4.82. The van der Waals surface area contributed by atoms with E-state index in [9.17, 15) is 9.90 Å². The molecule has 0 saturated heterocycles. The molecule has 0 spiro atoms. The van der Waals surface area contributed by atoms with Crippen molar-refractivity contribution in [1.82, 2.24) is 0 Å². The third-order valence-electron chi connectivity index (χ3n) is 6.98. The van der Waals surface area contributed by atoms with Gasteiger partial charge in [0.1, 0.15) is 0 Å². The van der Waals surface area contributed by atoms with Gasteiger partial charge in [0.25, 0.3) is 0 Å². The van der Waals surface area contributed by atoms with E-state index in [1.807, 2.05) is 6.07 Å². The minimum absolute atomic E-state index is 0.0552. The van der Waals surface area contributed by atoms with E-state index in [4.69, 9.17) is 23.7 Å². The van der Waals surface area contributed by atoms with Crippen LogP contribution in [0.5, 0.6) is 23.0 Å². The normalized spacial score (nSPS) is 11.2. The first-order valence-electron chi connectivity index (χ1n) is 13.7. The number of benzene rings is 2. The third kappa shape index (κ3) is 7.67. The zero-order chi connectivity index (χ0) is 27.3. The Bertz CT molecular complexity index is 1220. The van der Waals surface area contributed by atoms with Crippen molar-refractivity contribution in [3.63, 3.8) is 0 Å². The van der Waals surface area contributed by atoms with E-state index >= 15 is 0 Å². The van der Waals surface area contributed by atoms with Crippen LogP contribution in [0.15, 0.2) is 39.5 Å². The highest BCUT2D eigenvalue weighted by molar-refractivity contribution is 5.87. The lowest BCUT2D eigenvalue weighted by Gasteiger charge is -2.13. The summed E-state index contributed by atoms with van der Waals surface area (Å²) in [4.78, 5) is 13.2. The Labute approximate surface area is 225 Å². The smallest absolute Gasteiger partial charge is 0.235 e. The largest absolute Gasteiger partial charge is 0.502 e. The van der Waals surface area contributed by atoms with Crippen molar-refractivity contribution in [2.24, 2.45) is 0 Å². The highest BCUT2D eigenvalue weighted by Crippen LogP contribution is 2.38. The average molecular weight is 527 g/mol. The SMILES string of the molecule is COc1ccc(-c2oc3c(OC)cc(CCCCCCCCCCCCCO)cc3c(=O)c2O)cc1OC. The van der Waals surface area contributed by atoms with Gasteiger partial charge in [-0.1, -0.05) is 57.8 Å². The molecular weight excluding hydrogens is 484 g/mol. The first-order valence-corrected chi connectivity index (χ1v) is 13.7. The molecule has 3 aromatic rings. The van der Waals surface area contributed by atoms with Crippen LogP contribution < -0.4 is 19.6 Å². The molecule has 2 N–H and O–H groups in total. The molecule has 0 saturated carbocycles. The number of ether oxygens (including phenoxy) is 3. The lowest BCUT2D eigenvalue weighted by Crippen LogP contribution is -2.05. The second-order valence-corrected chi connectivity index (χ2v) is 9.72. The molecular formula is C31H42O7. The van der Waals surface area contributed by atoms with Crippen LogP contribution in [0.2, 0.25) is 0 Å². The lowest BCUT2D eigenvalue weighted by molar-refractivity contribution is 0.282. The maximum atomic E-state index is 13.2. The van der Waals surface area contributed by atoms with E-state index < -0.39 is 11.2 Å². The van der Waals surface area contributed by atoms with Crippen molar-refractivity contribution in [3.05, 3.63) is 46.1 Å². The molecule has 1 heterocycles. The molecule has 0 fully saturated rings. The second-order valence-electron chi connectivity index (χ2n) is 9.72. The summed E-state index contributed by atoms with van der Waals surface area (Å²) in [6.45, 7) is 0.309. The van der Waals surface area contributed by atoms with Crippen LogP contribution in [-0.2, 0) is 6.42 Å². The summed E-state index contributed by atoms with van der Waals surface area (Å²) in [6.07, 6.45) is 13.8. The summed E-state index contributed by atoms with van der Waals surface area (Å²) < 4.78 is 22.3. The van der Waals surface area contributed by atoms with Crippen molar-refractivity contribution in [2.45, 2.75) is 77.0 Å². The number of fused-ring (bicyclic) bond motifs is 1. The Morgan fingerprint density at radius 3 is 1.87 bits per heavy atom. The van der Waals surface area contributed by atoms with Gasteiger partial charge in [-0.25, -0.2) is 0 Å². The van der Waals surface area contributed by atoms with Gasteiger partial charge < -0.3 is 28.8 Å². The van der Waals surface area contributed by atoms with Gasteiger partial charge >= 0.3 is 0 Å². The minimum atomic E-state index is -0.493. The molecule has 0 aliphatic rings. The van der Waals surface area contributed by atoms with Crippen LogP contribution in [0.3, 0.4) is 0 Å². The van der Waals surface area contributed by atoms with Crippen molar-refractivity contribution >= 4 is 11.0 Å². The molecule has 3 rings (SSSR count). The van der Waals surface area contributed by atoms with Gasteiger partial charge in [-0.15, -0.1) is 0 Å². The number of hydrogen-bond donors (Lipinski definition) is 2. The third-order valence-corrected chi connectivity index (χ3v) is 6.98. The van der Waals surface area contributed by atoms with E-state index in [1.54, 1.807) is 38.5 Å². The Morgan fingerprint density at radius 1 is 0.711 bits per heavy atom. The van der Waals surface area contributed by atoms with Crippen LogP contribution in [0.25, 0.3) is 22.3 Å². The fraction of sp³-hybridized carbons (Fsp3) is 0.516. The number of aryl methyl sites for hydroxylation is 1. The molecule has 2 aromatic carbocycles. The Kier molecular flexibility index (Phi) is 11.8. The van der Waals surface area contributed by atoms with E-state index in [0.29, 0.717) is 40.4 Å². The summed E-state index contributed by atoms with van der Waals surface area (Å²) in [5.74, 6) is 1.07. The first-order chi connectivity index (χ1) is 18.5. The quantitative estimate of drug-likeness (QED) is 0.182. The van der Waals surface area contributed by atoms with Crippen LogP contribution in [0.1, 0.15) is 76.2 Å². The number of aliphatic hydroxyl groups is 1. The Balaban J connectivity index is 1.63. The summed E-state index contributed by atoms with van der Waals surface area (Å²) in [6, 6.07) is 8.77. The number of aliphatic hydroxyl groups excluding tert-OH is 1. The van der Waals surface area contributed by atoms with E-state index in [0.717, 1.165) is 37.7 Å². The molecule has 0 atom stereocenters. The van der Waals surface area contributed by atoms with E-state index in [-0.39, 0.29) is 5.76 Å². The average Bonchev–Trinajstić information content (AvgIpc) is 2.94. The lowest BCUT2D eigenvalue weighted by atomic mass is 10.0. The monoisotopic (exact) mass is 526 g/mol. The van der Waals surface area contributed by atoms with Crippen molar-refractivity contribution in [2.75, 3.05) is 27.9 Å². The Morgan fingerprint density at radius 2 is 1.29 bits per heavy atom. The zero-order valence-electron chi connectivity index (χ0n) is 23.0. The van der Waals surface area contributed by atoms with Crippen molar-refractivity contribution in [1.29, 1.82) is 0 Å². The Hall–Kier alpha value is -3.19. The van der Waals surface area contributed by atoms with Gasteiger partial charge in [-0.3, -0.25) is 4.79 Å². The predicted molar refractivity (Wildman–Crippen MR) is 151 cm³/mol. The molecule has 7 heteroatoms. The van der Waals surface area contributed by atoms with Gasteiger partial charge in [-0.05, 0) is 55.2 Å². The standard InChI is InChI=1S/C31H42O7/c1-35-25-17-16-23(21-26(25)36-2)30-29(34)28(33)24-19-22(20-27(37-3)31(24)38-30)15-13-11-9-7-5-4-6-8-10-12-14-18-32/h16-17,19-21,32,34H,4-15,18H2,1-3H3. The molecule has 0 aliphatic heterocycles. The summed E-state index contributed by atoms with van der Waals surface area (Å²) in [5, 5.41) is 19.9. The topological polar surface area (TPSA) is 98.4 Å². The molecule has 7 nitrogen and oxygen atoms in total. The molecule has 0 bridgehead atoms. The van der Waals surface area contributed by atoms with E-state index in [1.165, 1.54) is 52.1 Å². The summed E-state index contributed by atoms with van der Waals surface area (Å²) >= 11 is 0. The van der Waals surface area contributed by atoms with Gasteiger partial charge in [0.2, 0.25) is 11.2 Å². The summed E-state index contributed by atoms with van der Waals surface area (Å²) in [7, 11) is 4.61. The fourth-order valence-corrected chi connectivity index (χ4v) is 4.82. The number of rotatable bonds is 17. The van der Waals surface area contributed by atoms with E-state index in [2.05, 4.69) is 0 Å². The van der Waals surface area contributed by atoms with Crippen molar-refractivity contribution in [3.8, 4) is 34.3 Å². The molecule has 0 aliphatic carbocycles. The molecule has 0 unspecified atom stereocenters. The second kappa shape index (κ2) is 15.3. The van der Waals surface area contributed by atoms with Crippen LogP contribution in [0, 0.1) is 0 Å². The summed E-state index contributed by atoms with van der Waals surface area (Å²) in [5.41, 5.74) is 1.29. The number of hydrogen-bond acceptors (Lipinski definition) is 7. The minimum Gasteiger partial charge on any atom is -0.502 e.